The van der Waals surface area contributed by atoms with Crippen molar-refractivity contribution in [3.8, 4) is 0 Å². The molecule has 2 aromatic heterocycles. The first kappa shape index (κ1) is 22.3. The van der Waals surface area contributed by atoms with Gasteiger partial charge in [0.1, 0.15) is 5.82 Å². The zero-order valence-corrected chi connectivity index (χ0v) is 19.7. The second kappa shape index (κ2) is 9.79. The average molecular weight is 462 g/mol. The minimum atomic E-state index is -0.107. The maximum absolute atomic E-state index is 12.8. The lowest BCUT2D eigenvalue weighted by molar-refractivity contribution is -0.131. The Hall–Kier alpha value is -3.49. The lowest BCUT2D eigenvalue weighted by Crippen LogP contribution is -2.49. The molecule has 34 heavy (non-hydrogen) atoms. The number of aryl methyl sites for hydroxylation is 2. The predicted molar refractivity (Wildman–Crippen MR) is 132 cm³/mol. The van der Waals surface area contributed by atoms with E-state index >= 15 is 0 Å². The molecule has 0 spiro atoms. The summed E-state index contributed by atoms with van der Waals surface area (Å²) >= 11 is 0. The average Bonchev–Trinajstić information content (AvgIpc) is 2.88. The molecule has 0 atom stereocenters. The third-order valence-corrected chi connectivity index (χ3v) is 6.72. The molecule has 2 saturated heterocycles. The summed E-state index contributed by atoms with van der Waals surface area (Å²) in [4.78, 5) is 45.8. The van der Waals surface area contributed by atoms with Crippen LogP contribution < -0.4 is 15.4 Å². The van der Waals surface area contributed by atoms with Crippen molar-refractivity contribution in [2.75, 3.05) is 49.1 Å². The maximum atomic E-state index is 12.8. The van der Waals surface area contributed by atoms with Gasteiger partial charge in [0.05, 0.1) is 17.2 Å². The van der Waals surface area contributed by atoms with E-state index in [-0.39, 0.29) is 17.9 Å². The molecule has 1 aromatic carbocycles. The normalized spacial score (nSPS) is 16.8. The maximum Gasteiger partial charge on any atom is 0.261 e. The number of aromatic nitrogens is 4. The zero-order valence-electron chi connectivity index (χ0n) is 19.7. The van der Waals surface area contributed by atoms with Crippen molar-refractivity contribution in [3.05, 3.63) is 52.7 Å². The van der Waals surface area contributed by atoms with Gasteiger partial charge in [-0.25, -0.2) is 9.97 Å². The lowest BCUT2D eigenvalue weighted by Gasteiger charge is -2.35. The molecular formula is C25H31N7O2. The fourth-order valence-corrected chi connectivity index (χ4v) is 4.76. The van der Waals surface area contributed by atoms with E-state index in [0.29, 0.717) is 43.6 Å². The molecule has 9 nitrogen and oxygen atoms in total. The summed E-state index contributed by atoms with van der Waals surface area (Å²) in [6, 6.07) is 9.34. The van der Waals surface area contributed by atoms with Crippen molar-refractivity contribution >= 4 is 28.6 Å². The van der Waals surface area contributed by atoms with Crippen LogP contribution in [0.15, 0.2) is 41.5 Å². The van der Waals surface area contributed by atoms with Gasteiger partial charge in [0.2, 0.25) is 11.9 Å². The molecule has 0 radical (unpaired) electrons. The Balaban J connectivity index is 1.18. The van der Waals surface area contributed by atoms with E-state index in [0.717, 1.165) is 30.5 Å². The van der Waals surface area contributed by atoms with E-state index in [1.54, 1.807) is 6.07 Å². The van der Waals surface area contributed by atoms with E-state index in [9.17, 15) is 9.59 Å². The Morgan fingerprint density at radius 3 is 2.50 bits per heavy atom. The topological polar surface area (TPSA) is 87.5 Å². The van der Waals surface area contributed by atoms with E-state index in [1.807, 2.05) is 30.0 Å². The predicted octanol–water partition coefficient (Wildman–Crippen LogP) is 2.22. The highest BCUT2D eigenvalue weighted by molar-refractivity contribution is 5.77. The molecule has 1 amide bonds. The second-order valence-electron chi connectivity index (χ2n) is 9.09. The van der Waals surface area contributed by atoms with E-state index < -0.39 is 0 Å². The standard InChI is InChI=1S/C25H31N7O2/c1-19-17-22(29-10-5-2-6-11-29)28-25(27-19)31-15-13-30(14-16-31)23(33)9-12-32-18-26-21-8-4-3-7-20(21)24(32)34/h3-4,7-8,17-18H,2,5-6,9-16H2,1H3. The van der Waals surface area contributed by atoms with Gasteiger partial charge in [-0.3, -0.25) is 14.2 Å². The summed E-state index contributed by atoms with van der Waals surface area (Å²) in [5.41, 5.74) is 1.54. The van der Waals surface area contributed by atoms with Crippen LogP contribution in [-0.4, -0.2) is 69.6 Å². The van der Waals surface area contributed by atoms with Crippen LogP contribution in [0.25, 0.3) is 10.9 Å². The number of fused-ring (bicyclic) bond motifs is 1. The van der Waals surface area contributed by atoms with E-state index in [4.69, 9.17) is 4.98 Å². The van der Waals surface area contributed by atoms with Gasteiger partial charge in [-0.15, -0.1) is 0 Å². The molecule has 0 N–H and O–H groups in total. The zero-order chi connectivity index (χ0) is 23.5. The molecular weight excluding hydrogens is 430 g/mol. The molecule has 2 aliphatic heterocycles. The highest BCUT2D eigenvalue weighted by Gasteiger charge is 2.24. The summed E-state index contributed by atoms with van der Waals surface area (Å²) in [7, 11) is 0. The molecule has 0 unspecified atom stereocenters. The number of para-hydroxylation sites is 1. The van der Waals surface area contributed by atoms with Crippen molar-refractivity contribution in [3.63, 3.8) is 0 Å². The Labute approximate surface area is 199 Å². The number of anilines is 2. The van der Waals surface area contributed by atoms with E-state index in [2.05, 4.69) is 25.8 Å². The third kappa shape index (κ3) is 4.73. The highest BCUT2D eigenvalue weighted by atomic mass is 16.2. The van der Waals surface area contributed by atoms with E-state index in [1.165, 1.54) is 30.2 Å². The Kier molecular flexibility index (Phi) is 6.42. The SMILES string of the molecule is Cc1cc(N2CCCCC2)nc(N2CCN(C(=O)CCn3cnc4ccccc4c3=O)CC2)n1. The number of rotatable bonds is 5. The first-order valence-corrected chi connectivity index (χ1v) is 12.2. The summed E-state index contributed by atoms with van der Waals surface area (Å²) in [6.07, 6.45) is 5.52. The molecule has 0 bridgehead atoms. The van der Waals surface area contributed by atoms with Crippen LogP contribution in [0.1, 0.15) is 31.4 Å². The number of carbonyl (C=O) groups excluding carboxylic acids is 1. The minimum Gasteiger partial charge on any atom is -0.356 e. The van der Waals surface area contributed by atoms with Gasteiger partial charge in [0, 0.05) is 64.0 Å². The smallest absolute Gasteiger partial charge is 0.261 e. The third-order valence-electron chi connectivity index (χ3n) is 6.72. The molecule has 0 saturated carbocycles. The van der Waals surface area contributed by atoms with Gasteiger partial charge in [-0.2, -0.15) is 4.98 Å². The molecule has 9 heteroatoms. The van der Waals surface area contributed by atoms with Crippen LogP contribution in [0.5, 0.6) is 0 Å². The Bertz CT molecular complexity index is 1230. The number of hydrogen-bond donors (Lipinski definition) is 0. The number of piperazine rings is 1. The second-order valence-corrected chi connectivity index (χ2v) is 9.09. The van der Waals surface area contributed by atoms with Crippen molar-refractivity contribution in [1.82, 2.24) is 24.4 Å². The molecule has 3 aromatic rings. The van der Waals surface area contributed by atoms with Crippen LogP contribution in [0.3, 0.4) is 0 Å². The summed E-state index contributed by atoms with van der Waals surface area (Å²) in [5, 5.41) is 0.577. The Morgan fingerprint density at radius 2 is 1.71 bits per heavy atom. The van der Waals surface area contributed by atoms with Crippen LogP contribution in [0, 0.1) is 6.92 Å². The summed E-state index contributed by atoms with van der Waals surface area (Å²) in [5.74, 6) is 1.82. The monoisotopic (exact) mass is 461 g/mol. The van der Waals surface area contributed by atoms with Gasteiger partial charge in [-0.05, 0) is 38.3 Å². The minimum absolute atomic E-state index is 0.0545. The first-order chi connectivity index (χ1) is 16.6. The van der Waals surface area contributed by atoms with Crippen LogP contribution in [0.2, 0.25) is 0 Å². The Morgan fingerprint density at radius 1 is 0.941 bits per heavy atom. The van der Waals surface area contributed by atoms with Crippen LogP contribution in [-0.2, 0) is 11.3 Å². The van der Waals surface area contributed by atoms with Crippen molar-refractivity contribution in [1.29, 1.82) is 0 Å². The lowest BCUT2D eigenvalue weighted by atomic mass is 10.1. The molecule has 2 aliphatic rings. The highest BCUT2D eigenvalue weighted by Crippen LogP contribution is 2.22. The van der Waals surface area contributed by atoms with Gasteiger partial charge in [-0.1, -0.05) is 12.1 Å². The van der Waals surface area contributed by atoms with Crippen LogP contribution >= 0.6 is 0 Å². The van der Waals surface area contributed by atoms with Gasteiger partial charge >= 0.3 is 0 Å². The number of nitrogens with zero attached hydrogens (tertiary/aromatic N) is 7. The largest absolute Gasteiger partial charge is 0.356 e. The number of hydrogen-bond acceptors (Lipinski definition) is 7. The fraction of sp³-hybridized carbons (Fsp3) is 0.480. The van der Waals surface area contributed by atoms with Crippen molar-refractivity contribution < 1.29 is 4.79 Å². The first-order valence-electron chi connectivity index (χ1n) is 12.2. The number of amides is 1. The summed E-state index contributed by atoms with van der Waals surface area (Å²) in [6.45, 7) is 7.10. The molecule has 178 valence electrons. The van der Waals surface area contributed by atoms with Gasteiger partial charge in [0.25, 0.3) is 5.56 Å². The molecule has 2 fully saturated rings. The number of piperidine rings is 1. The van der Waals surface area contributed by atoms with Crippen molar-refractivity contribution in [2.24, 2.45) is 0 Å². The van der Waals surface area contributed by atoms with Gasteiger partial charge in [0.15, 0.2) is 0 Å². The fourth-order valence-electron chi connectivity index (χ4n) is 4.76. The summed E-state index contributed by atoms with van der Waals surface area (Å²) < 4.78 is 1.53. The molecule has 4 heterocycles. The van der Waals surface area contributed by atoms with Crippen LogP contribution in [0.4, 0.5) is 11.8 Å². The number of carbonyl (C=O) groups is 1. The molecule has 0 aliphatic carbocycles. The van der Waals surface area contributed by atoms with Gasteiger partial charge < -0.3 is 14.7 Å². The van der Waals surface area contributed by atoms with Crippen molar-refractivity contribution in [2.45, 2.75) is 39.2 Å². The molecule has 5 rings (SSSR count). The quantitative estimate of drug-likeness (QED) is 0.576. The number of benzene rings is 1.